The maximum Gasteiger partial charge on any atom is 0.508 e. The molecule has 0 aromatic carbocycles. The average molecular weight is 425 g/mol. The Morgan fingerprint density at radius 1 is 0.800 bits per heavy atom. The maximum absolute atomic E-state index is 12.3. The van der Waals surface area contributed by atoms with Gasteiger partial charge in [0.1, 0.15) is 6.10 Å². The molecule has 3 heteroatoms. The highest BCUT2D eigenvalue weighted by molar-refractivity contribution is 5.60. The smallest absolute Gasteiger partial charge is 0.434 e. The molecule has 178 valence electrons. The third-order valence-corrected chi connectivity index (χ3v) is 5.98. The Bertz CT molecular complexity index is 382. The van der Waals surface area contributed by atoms with Gasteiger partial charge in [-0.25, -0.2) is 4.79 Å². The van der Waals surface area contributed by atoms with E-state index >= 15 is 0 Å². The van der Waals surface area contributed by atoms with Crippen LogP contribution in [0.1, 0.15) is 130 Å². The summed E-state index contributed by atoms with van der Waals surface area (Å²) in [6.45, 7) is 13.1. The zero-order chi connectivity index (χ0) is 22.5. The maximum atomic E-state index is 12.3. The number of allylic oxidation sites excluding steroid dienone is 1. The topological polar surface area (TPSA) is 35.5 Å². The lowest BCUT2D eigenvalue weighted by atomic mass is 9.85. The molecule has 3 nitrogen and oxygen atoms in total. The molecule has 1 atom stereocenters. The van der Waals surface area contributed by atoms with Gasteiger partial charge in [0, 0.05) is 0 Å². The van der Waals surface area contributed by atoms with E-state index in [9.17, 15) is 4.79 Å². The van der Waals surface area contributed by atoms with Crippen LogP contribution in [-0.2, 0) is 9.47 Å². The van der Waals surface area contributed by atoms with Crippen LogP contribution < -0.4 is 0 Å². The number of hydrogen-bond acceptors (Lipinski definition) is 3. The quantitative estimate of drug-likeness (QED) is 0.105. The van der Waals surface area contributed by atoms with E-state index in [1.807, 2.05) is 6.08 Å². The molecule has 1 unspecified atom stereocenters. The van der Waals surface area contributed by atoms with Crippen LogP contribution in [0.25, 0.3) is 0 Å². The van der Waals surface area contributed by atoms with Crippen molar-refractivity contribution in [1.82, 2.24) is 0 Å². The first kappa shape index (κ1) is 29.0. The average Bonchev–Trinajstić information content (AvgIpc) is 2.72. The Labute approximate surface area is 188 Å². The van der Waals surface area contributed by atoms with Crippen molar-refractivity contribution < 1.29 is 14.3 Å². The molecule has 30 heavy (non-hydrogen) atoms. The predicted octanol–water partition coefficient (Wildman–Crippen LogP) is 9.25. The monoisotopic (exact) mass is 424 g/mol. The van der Waals surface area contributed by atoms with Gasteiger partial charge in [-0.3, -0.25) is 0 Å². The molecule has 0 fully saturated rings. The van der Waals surface area contributed by atoms with E-state index in [1.54, 1.807) is 0 Å². The van der Waals surface area contributed by atoms with Crippen molar-refractivity contribution in [3.63, 3.8) is 0 Å². The van der Waals surface area contributed by atoms with Crippen molar-refractivity contribution in [3.8, 4) is 0 Å². The standard InChI is InChI=1S/C27H52O3/c1-6-9-12-13-14-15-16-17-20-23-29-27(28)30-26(24(4)5)25(21-18-10-7-2)22-19-11-8-3/h6,24-26H,1,7-23H2,2-5H3. The summed E-state index contributed by atoms with van der Waals surface area (Å²) in [4.78, 5) is 12.3. The lowest BCUT2D eigenvalue weighted by molar-refractivity contribution is -0.0218. The van der Waals surface area contributed by atoms with Crippen LogP contribution in [0.5, 0.6) is 0 Å². The summed E-state index contributed by atoms with van der Waals surface area (Å²) in [7, 11) is 0. The van der Waals surface area contributed by atoms with Gasteiger partial charge in [0.25, 0.3) is 0 Å². The molecule has 0 saturated heterocycles. The van der Waals surface area contributed by atoms with Gasteiger partial charge >= 0.3 is 6.16 Å². The molecule has 0 radical (unpaired) electrons. The van der Waals surface area contributed by atoms with E-state index < -0.39 is 6.16 Å². The first-order valence-corrected chi connectivity index (χ1v) is 13.0. The minimum absolute atomic E-state index is 0.0261. The highest BCUT2D eigenvalue weighted by Gasteiger charge is 2.28. The van der Waals surface area contributed by atoms with Gasteiger partial charge in [0.15, 0.2) is 0 Å². The summed E-state index contributed by atoms with van der Waals surface area (Å²) in [5, 5.41) is 0. The van der Waals surface area contributed by atoms with Crippen LogP contribution in [0.15, 0.2) is 12.7 Å². The third-order valence-electron chi connectivity index (χ3n) is 5.98. The van der Waals surface area contributed by atoms with Crippen LogP contribution in [0.3, 0.4) is 0 Å². The molecule has 0 aromatic heterocycles. The van der Waals surface area contributed by atoms with E-state index in [2.05, 4.69) is 34.3 Å². The second kappa shape index (κ2) is 21.2. The number of hydrogen-bond donors (Lipinski definition) is 0. The van der Waals surface area contributed by atoms with Gasteiger partial charge in [-0.2, -0.15) is 0 Å². The SMILES string of the molecule is C=CCCCCCCCCCOC(=O)OC(C(C)C)C(CCCCC)CCCCC. The third kappa shape index (κ3) is 16.8. The van der Waals surface area contributed by atoms with Crippen LogP contribution in [0, 0.1) is 11.8 Å². The van der Waals surface area contributed by atoms with E-state index in [4.69, 9.17) is 9.47 Å². The van der Waals surface area contributed by atoms with Crippen molar-refractivity contribution in [3.05, 3.63) is 12.7 Å². The zero-order valence-corrected chi connectivity index (χ0v) is 20.8. The van der Waals surface area contributed by atoms with Crippen molar-refractivity contribution in [2.75, 3.05) is 6.61 Å². The summed E-state index contributed by atoms with van der Waals surface area (Å²) in [5.74, 6) is 0.781. The molecule has 0 amide bonds. The van der Waals surface area contributed by atoms with Crippen molar-refractivity contribution in [2.45, 2.75) is 137 Å². The Morgan fingerprint density at radius 2 is 1.33 bits per heavy atom. The largest absolute Gasteiger partial charge is 0.508 e. The molecule has 0 heterocycles. The second-order valence-electron chi connectivity index (χ2n) is 9.23. The molecule has 0 aliphatic rings. The minimum atomic E-state index is -0.464. The molecule has 0 bridgehead atoms. The fourth-order valence-electron chi connectivity index (χ4n) is 4.14. The first-order chi connectivity index (χ1) is 14.6. The lowest BCUT2D eigenvalue weighted by Gasteiger charge is -2.30. The number of carbonyl (C=O) groups is 1. The molecule has 0 aliphatic carbocycles. The van der Waals surface area contributed by atoms with Crippen LogP contribution >= 0.6 is 0 Å². The van der Waals surface area contributed by atoms with Gasteiger partial charge in [0.05, 0.1) is 6.61 Å². The highest BCUT2D eigenvalue weighted by Crippen LogP contribution is 2.28. The normalized spacial score (nSPS) is 12.3. The Hall–Kier alpha value is -0.990. The Balaban J connectivity index is 4.19. The fraction of sp³-hybridized carbons (Fsp3) is 0.889. The summed E-state index contributed by atoms with van der Waals surface area (Å²) in [5.41, 5.74) is 0. The number of rotatable bonds is 21. The molecule has 0 aromatic rings. The summed E-state index contributed by atoms with van der Waals surface area (Å²) >= 11 is 0. The molecule has 0 rings (SSSR count). The van der Waals surface area contributed by atoms with Gasteiger partial charge < -0.3 is 9.47 Å². The van der Waals surface area contributed by atoms with Gasteiger partial charge in [0.2, 0.25) is 0 Å². The lowest BCUT2D eigenvalue weighted by Crippen LogP contribution is -2.32. The number of unbranched alkanes of at least 4 members (excludes halogenated alkanes) is 11. The van der Waals surface area contributed by atoms with E-state index in [1.165, 1.54) is 70.6 Å². The van der Waals surface area contributed by atoms with Crippen molar-refractivity contribution in [1.29, 1.82) is 0 Å². The van der Waals surface area contributed by atoms with E-state index in [-0.39, 0.29) is 6.10 Å². The number of carbonyl (C=O) groups excluding carboxylic acids is 1. The Kier molecular flexibility index (Phi) is 20.5. The van der Waals surface area contributed by atoms with Gasteiger partial charge in [-0.05, 0) is 43.9 Å². The molecule has 0 spiro atoms. The second-order valence-corrected chi connectivity index (χ2v) is 9.23. The van der Waals surface area contributed by atoms with Crippen LogP contribution in [0.2, 0.25) is 0 Å². The summed E-state index contributed by atoms with van der Waals surface area (Å²) in [6.07, 6.45) is 20.8. The Morgan fingerprint density at radius 3 is 1.83 bits per heavy atom. The molecule has 0 aliphatic heterocycles. The van der Waals surface area contributed by atoms with Crippen LogP contribution in [-0.4, -0.2) is 18.9 Å². The first-order valence-electron chi connectivity index (χ1n) is 13.0. The van der Waals surface area contributed by atoms with Crippen molar-refractivity contribution in [2.24, 2.45) is 11.8 Å². The molecule has 0 N–H and O–H groups in total. The number of ether oxygens (including phenoxy) is 2. The zero-order valence-electron chi connectivity index (χ0n) is 20.8. The fourth-order valence-corrected chi connectivity index (χ4v) is 4.14. The van der Waals surface area contributed by atoms with E-state index in [0.717, 1.165) is 32.1 Å². The predicted molar refractivity (Wildman–Crippen MR) is 130 cm³/mol. The molecular weight excluding hydrogens is 372 g/mol. The molecule has 0 saturated carbocycles. The summed E-state index contributed by atoms with van der Waals surface area (Å²) < 4.78 is 11.3. The molecular formula is C27H52O3. The van der Waals surface area contributed by atoms with E-state index in [0.29, 0.717) is 18.4 Å². The van der Waals surface area contributed by atoms with Gasteiger partial charge in [-0.15, -0.1) is 6.58 Å². The minimum Gasteiger partial charge on any atom is -0.434 e. The van der Waals surface area contributed by atoms with Gasteiger partial charge in [-0.1, -0.05) is 104 Å². The van der Waals surface area contributed by atoms with Crippen LogP contribution in [0.4, 0.5) is 4.79 Å². The highest BCUT2D eigenvalue weighted by atomic mass is 16.7. The van der Waals surface area contributed by atoms with Crippen molar-refractivity contribution >= 4 is 6.16 Å². The summed E-state index contributed by atoms with van der Waals surface area (Å²) in [6, 6.07) is 0.